The maximum Gasteiger partial charge on any atom is 0.331 e. The van der Waals surface area contributed by atoms with Gasteiger partial charge in [0, 0.05) is 21.5 Å². The summed E-state index contributed by atoms with van der Waals surface area (Å²) in [7, 11) is 0. The molecule has 3 rings (SSSR count). The first-order chi connectivity index (χ1) is 11.2. The minimum Gasteiger partial charge on any atom is -0.452 e. The van der Waals surface area contributed by atoms with Crippen LogP contribution < -0.4 is 0 Å². The number of aromatic nitrogens is 2. The van der Waals surface area contributed by atoms with E-state index in [0.717, 1.165) is 15.6 Å². The van der Waals surface area contributed by atoms with Gasteiger partial charge in [0.1, 0.15) is 0 Å². The third-order valence-corrected chi connectivity index (χ3v) is 4.02. The fourth-order valence-corrected chi connectivity index (χ4v) is 2.83. The molecule has 0 aliphatic heterocycles. The van der Waals surface area contributed by atoms with Gasteiger partial charge in [-0.3, -0.25) is 0 Å². The second kappa shape index (κ2) is 7.34. The normalized spacial score (nSPS) is 11.0. The lowest BCUT2D eigenvalue weighted by Crippen LogP contribution is -2.00. The zero-order chi connectivity index (χ0) is 16.1. The smallest absolute Gasteiger partial charge is 0.331 e. The number of hydrogen-bond acceptors (Lipinski definition) is 6. The monoisotopic (exact) mass is 390 g/mol. The van der Waals surface area contributed by atoms with Crippen LogP contribution in [0.1, 0.15) is 11.5 Å². The van der Waals surface area contributed by atoms with Crippen LogP contribution in [0.2, 0.25) is 0 Å². The van der Waals surface area contributed by atoms with Crippen LogP contribution in [0, 0.1) is 0 Å². The highest BCUT2D eigenvalue weighted by atomic mass is 79.9. The fraction of sp³-hybridized carbons (Fsp3) is 0.0625. The molecule has 5 nitrogen and oxygen atoms in total. The van der Waals surface area contributed by atoms with Crippen molar-refractivity contribution in [3.05, 3.63) is 63.1 Å². The maximum absolute atomic E-state index is 11.7. The van der Waals surface area contributed by atoms with Crippen molar-refractivity contribution >= 4 is 39.3 Å². The molecule has 0 unspecified atom stereocenters. The third kappa shape index (κ3) is 4.37. The van der Waals surface area contributed by atoms with E-state index in [4.69, 9.17) is 9.26 Å². The second-order valence-corrected chi connectivity index (χ2v) is 6.22. The molecule has 0 fully saturated rings. The summed E-state index contributed by atoms with van der Waals surface area (Å²) >= 11 is 4.92. The Morgan fingerprint density at radius 3 is 3.09 bits per heavy atom. The number of carbonyl (C=O) groups is 1. The van der Waals surface area contributed by atoms with Gasteiger partial charge in [0.25, 0.3) is 5.89 Å². The van der Waals surface area contributed by atoms with E-state index in [0.29, 0.717) is 5.82 Å². The molecule has 23 heavy (non-hydrogen) atoms. The molecule has 0 aliphatic rings. The summed E-state index contributed by atoms with van der Waals surface area (Å²) in [5, 5.41) is 7.69. The summed E-state index contributed by atoms with van der Waals surface area (Å²) in [6, 6.07) is 9.48. The molecule has 1 aromatic carbocycles. The van der Waals surface area contributed by atoms with Crippen LogP contribution >= 0.6 is 27.3 Å². The molecule has 2 heterocycles. The van der Waals surface area contributed by atoms with Crippen molar-refractivity contribution in [2.24, 2.45) is 0 Å². The van der Waals surface area contributed by atoms with Gasteiger partial charge in [-0.2, -0.15) is 16.3 Å². The Kier molecular flexibility index (Phi) is 4.99. The molecular formula is C16H11BrN2O3S. The number of halogens is 1. The lowest BCUT2D eigenvalue weighted by atomic mass is 10.2. The number of ether oxygens (including phenoxy) is 1. The molecule has 3 aromatic rings. The van der Waals surface area contributed by atoms with Crippen molar-refractivity contribution in [1.29, 1.82) is 0 Å². The van der Waals surface area contributed by atoms with Gasteiger partial charge in [-0.25, -0.2) is 4.79 Å². The number of nitrogens with zero attached hydrogens (tertiary/aromatic N) is 2. The van der Waals surface area contributed by atoms with Crippen molar-refractivity contribution < 1.29 is 14.1 Å². The molecule has 0 spiro atoms. The highest BCUT2D eigenvalue weighted by molar-refractivity contribution is 9.10. The summed E-state index contributed by atoms with van der Waals surface area (Å²) < 4.78 is 11.1. The Bertz CT molecular complexity index is 827. The van der Waals surface area contributed by atoms with Crippen LogP contribution in [0.25, 0.3) is 17.5 Å². The predicted octanol–water partition coefficient (Wildman–Crippen LogP) is 4.32. The molecule has 116 valence electrons. The SMILES string of the molecule is O=C(/C=C/c1cccc(Br)c1)OCc1nc(-c2ccsc2)no1. The molecule has 0 amide bonds. The first-order valence-corrected chi connectivity index (χ1v) is 8.40. The van der Waals surface area contributed by atoms with Gasteiger partial charge < -0.3 is 9.26 Å². The van der Waals surface area contributed by atoms with Crippen LogP contribution in [-0.2, 0) is 16.1 Å². The van der Waals surface area contributed by atoms with Gasteiger partial charge in [-0.05, 0) is 35.2 Å². The van der Waals surface area contributed by atoms with Crippen molar-refractivity contribution in [2.45, 2.75) is 6.61 Å². The van der Waals surface area contributed by atoms with Crippen molar-refractivity contribution in [3.8, 4) is 11.4 Å². The molecule has 0 saturated carbocycles. The summed E-state index contributed by atoms with van der Waals surface area (Å²) in [5.41, 5.74) is 1.78. The van der Waals surface area contributed by atoms with E-state index in [1.54, 1.807) is 17.4 Å². The van der Waals surface area contributed by atoms with Crippen LogP contribution in [-0.4, -0.2) is 16.1 Å². The summed E-state index contributed by atoms with van der Waals surface area (Å²) in [6.45, 7) is -0.0568. The number of carbonyl (C=O) groups excluding carboxylic acids is 1. The van der Waals surface area contributed by atoms with E-state index >= 15 is 0 Å². The highest BCUT2D eigenvalue weighted by Crippen LogP contribution is 2.18. The molecule has 0 radical (unpaired) electrons. The molecule has 0 bridgehead atoms. The first kappa shape index (κ1) is 15.6. The van der Waals surface area contributed by atoms with Crippen LogP contribution in [0.3, 0.4) is 0 Å². The van der Waals surface area contributed by atoms with Gasteiger partial charge in [-0.1, -0.05) is 33.2 Å². The van der Waals surface area contributed by atoms with E-state index in [9.17, 15) is 4.79 Å². The zero-order valence-corrected chi connectivity index (χ0v) is 14.2. The van der Waals surface area contributed by atoms with Gasteiger partial charge >= 0.3 is 5.97 Å². The number of rotatable bonds is 5. The van der Waals surface area contributed by atoms with Crippen molar-refractivity contribution in [2.75, 3.05) is 0 Å². The summed E-state index contributed by atoms with van der Waals surface area (Å²) in [6.07, 6.45) is 3.04. The number of thiophene rings is 1. The third-order valence-electron chi connectivity index (χ3n) is 2.85. The minimum atomic E-state index is -0.472. The molecule has 2 aromatic heterocycles. The lowest BCUT2D eigenvalue weighted by molar-refractivity contribution is -0.139. The average Bonchev–Trinajstić information content (AvgIpc) is 3.22. The van der Waals surface area contributed by atoms with E-state index in [-0.39, 0.29) is 12.5 Å². The molecule has 7 heteroatoms. The fourth-order valence-electron chi connectivity index (χ4n) is 1.78. The first-order valence-electron chi connectivity index (χ1n) is 6.66. The van der Waals surface area contributed by atoms with E-state index in [1.807, 2.05) is 41.1 Å². The molecular weight excluding hydrogens is 380 g/mol. The van der Waals surface area contributed by atoms with Crippen LogP contribution in [0.5, 0.6) is 0 Å². The summed E-state index contributed by atoms with van der Waals surface area (Å²) in [5.74, 6) is 0.276. The molecule has 0 atom stereocenters. The topological polar surface area (TPSA) is 65.2 Å². The maximum atomic E-state index is 11.7. The van der Waals surface area contributed by atoms with Gasteiger partial charge in [-0.15, -0.1) is 0 Å². The van der Waals surface area contributed by atoms with Gasteiger partial charge in [0.2, 0.25) is 5.82 Å². The van der Waals surface area contributed by atoms with Crippen molar-refractivity contribution in [3.63, 3.8) is 0 Å². The molecule has 0 N–H and O–H groups in total. The number of benzene rings is 1. The predicted molar refractivity (Wildman–Crippen MR) is 90.6 cm³/mol. The zero-order valence-electron chi connectivity index (χ0n) is 11.8. The van der Waals surface area contributed by atoms with Crippen LogP contribution in [0.4, 0.5) is 0 Å². The number of hydrogen-bond donors (Lipinski definition) is 0. The van der Waals surface area contributed by atoms with E-state index < -0.39 is 5.97 Å². The number of esters is 1. The molecule has 0 aliphatic carbocycles. The van der Waals surface area contributed by atoms with Gasteiger partial charge in [0.15, 0.2) is 6.61 Å². The quantitative estimate of drug-likeness (QED) is 0.479. The largest absolute Gasteiger partial charge is 0.452 e. The average molecular weight is 391 g/mol. The Morgan fingerprint density at radius 1 is 1.39 bits per heavy atom. The Labute approximate surface area is 144 Å². The Morgan fingerprint density at radius 2 is 2.30 bits per heavy atom. The standard InChI is InChI=1S/C16H11BrN2O3S/c17-13-3-1-2-11(8-13)4-5-15(20)21-9-14-18-16(19-22-14)12-6-7-23-10-12/h1-8,10H,9H2/b5-4+. The minimum absolute atomic E-state index is 0.0568. The van der Waals surface area contributed by atoms with Crippen LogP contribution in [0.15, 0.2) is 56.2 Å². The van der Waals surface area contributed by atoms with E-state index in [1.165, 1.54) is 6.08 Å². The van der Waals surface area contributed by atoms with Gasteiger partial charge in [0.05, 0.1) is 0 Å². The van der Waals surface area contributed by atoms with Crippen molar-refractivity contribution in [1.82, 2.24) is 10.1 Å². The second-order valence-electron chi connectivity index (χ2n) is 4.52. The Balaban J connectivity index is 1.55. The summed E-state index contributed by atoms with van der Waals surface area (Å²) in [4.78, 5) is 15.9. The Hall–Kier alpha value is -2.25. The molecule has 0 saturated heterocycles. The highest BCUT2D eigenvalue weighted by Gasteiger charge is 2.10. The van der Waals surface area contributed by atoms with E-state index in [2.05, 4.69) is 26.1 Å². The lowest BCUT2D eigenvalue weighted by Gasteiger charge is -1.97.